The topological polar surface area (TPSA) is 50.4 Å². The smallest absolute Gasteiger partial charge is 0.336 e. The molecule has 0 saturated heterocycles. The van der Waals surface area contributed by atoms with Crippen LogP contribution in [0.25, 0.3) is 11.0 Å². The average molecular weight is 190 g/mol. The lowest BCUT2D eigenvalue weighted by Gasteiger charge is -2.02. The zero-order valence-electron chi connectivity index (χ0n) is 7.78. The summed E-state index contributed by atoms with van der Waals surface area (Å²) in [5, 5.41) is 10.3. The van der Waals surface area contributed by atoms with Crippen LogP contribution in [-0.2, 0) is 6.42 Å². The lowest BCUT2D eigenvalue weighted by Crippen LogP contribution is -1.99. The zero-order valence-corrected chi connectivity index (χ0v) is 7.78. The highest BCUT2D eigenvalue weighted by atomic mass is 16.4. The molecule has 0 aliphatic carbocycles. The van der Waals surface area contributed by atoms with Gasteiger partial charge in [-0.2, -0.15) is 0 Å². The highest BCUT2D eigenvalue weighted by Crippen LogP contribution is 2.25. The van der Waals surface area contributed by atoms with E-state index in [2.05, 4.69) is 0 Å². The van der Waals surface area contributed by atoms with Crippen LogP contribution in [-0.4, -0.2) is 5.11 Å². The first-order chi connectivity index (χ1) is 6.72. The van der Waals surface area contributed by atoms with Crippen molar-refractivity contribution in [2.45, 2.75) is 13.3 Å². The van der Waals surface area contributed by atoms with Crippen molar-refractivity contribution in [2.75, 3.05) is 0 Å². The van der Waals surface area contributed by atoms with Crippen LogP contribution in [0.15, 0.2) is 33.5 Å². The highest BCUT2D eigenvalue weighted by Gasteiger charge is 2.06. The van der Waals surface area contributed by atoms with Crippen LogP contribution in [0.2, 0.25) is 0 Å². The molecule has 14 heavy (non-hydrogen) atoms. The van der Waals surface area contributed by atoms with E-state index in [0.29, 0.717) is 0 Å². The lowest BCUT2D eigenvalue weighted by atomic mass is 10.1. The number of hydrogen-bond acceptors (Lipinski definition) is 3. The molecule has 0 bridgehead atoms. The van der Waals surface area contributed by atoms with Crippen LogP contribution in [0, 0.1) is 0 Å². The number of aromatic hydroxyl groups is 1. The van der Waals surface area contributed by atoms with Gasteiger partial charge in [0.05, 0.1) is 0 Å². The van der Waals surface area contributed by atoms with Crippen LogP contribution < -0.4 is 5.63 Å². The first-order valence-corrected chi connectivity index (χ1v) is 4.47. The largest absolute Gasteiger partial charge is 0.504 e. The summed E-state index contributed by atoms with van der Waals surface area (Å²) in [6, 6.07) is 6.53. The third-order valence-electron chi connectivity index (χ3n) is 2.22. The first-order valence-electron chi connectivity index (χ1n) is 4.47. The summed E-state index contributed by atoms with van der Waals surface area (Å²) in [5.41, 5.74) is 0.750. The molecule has 1 aromatic heterocycles. The maximum absolute atomic E-state index is 11.1. The maximum atomic E-state index is 11.1. The lowest BCUT2D eigenvalue weighted by molar-refractivity contribution is 0.457. The number of fused-ring (bicyclic) bond motifs is 1. The number of hydrogen-bond donors (Lipinski definition) is 1. The number of para-hydroxylation sites is 1. The quantitative estimate of drug-likeness (QED) is 0.700. The van der Waals surface area contributed by atoms with Gasteiger partial charge in [0.15, 0.2) is 11.3 Å². The predicted octanol–water partition coefficient (Wildman–Crippen LogP) is 2.06. The Bertz CT molecular complexity index is 526. The summed E-state index contributed by atoms with van der Waals surface area (Å²) < 4.78 is 4.93. The van der Waals surface area contributed by atoms with Crippen LogP contribution in [0.1, 0.15) is 12.5 Å². The van der Waals surface area contributed by atoms with E-state index in [4.69, 9.17) is 4.42 Å². The molecule has 2 aromatic rings. The van der Waals surface area contributed by atoms with Gasteiger partial charge >= 0.3 is 5.63 Å². The van der Waals surface area contributed by atoms with Gasteiger partial charge in [-0.05, 0) is 18.1 Å². The number of phenolic OH excluding ortho intramolecular Hbond substituents is 1. The number of rotatable bonds is 1. The van der Waals surface area contributed by atoms with Crippen molar-refractivity contribution < 1.29 is 9.52 Å². The van der Waals surface area contributed by atoms with Crippen molar-refractivity contribution in [3.8, 4) is 5.75 Å². The van der Waals surface area contributed by atoms with Gasteiger partial charge < -0.3 is 9.52 Å². The van der Waals surface area contributed by atoms with Crippen molar-refractivity contribution in [3.63, 3.8) is 0 Å². The average Bonchev–Trinajstić information content (AvgIpc) is 2.18. The maximum Gasteiger partial charge on any atom is 0.336 e. The van der Waals surface area contributed by atoms with E-state index in [1.165, 1.54) is 12.1 Å². The molecule has 0 saturated carbocycles. The third-order valence-corrected chi connectivity index (χ3v) is 2.22. The van der Waals surface area contributed by atoms with Crippen LogP contribution in [0.4, 0.5) is 0 Å². The monoisotopic (exact) mass is 190 g/mol. The number of aryl methyl sites for hydroxylation is 1. The number of benzene rings is 1. The van der Waals surface area contributed by atoms with Gasteiger partial charge in [0.25, 0.3) is 0 Å². The van der Waals surface area contributed by atoms with Crippen molar-refractivity contribution in [2.24, 2.45) is 0 Å². The van der Waals surface area contributed by atoms with E-state index in [0.717, 1.165) is 17.4 Å². The highest BCUT2D eigenvalue weighted by molar-refractivity contribution is 5.85. The molecule has 0 spiro atoms. The molecule has 0 amide bonds. The standard InChI is InChI=1S/C11H10O3/c1-2-7-6-10(13)14-11-8(7)4-3-5-9(11)12/h3-6,12H,2H2,1H3. The molecule has 3 heteroatoms. The number of phenols is 1. The van der Waals surface area contributed by atoms with Gasteiger partial charge in [0, 0.05) is 11.5 Å². The molecular weight excluding hydrogens is 180 g/mol. The molecule has 0 fully saturated rings. The molecule has 1 heterocycles. The Labute approximate surface area is 80.6 Å². The summed E-state index contributed by atoms with van der Waals surface area (Å²) in [4.78, 5) is 11.1. The Morgan fingerprint density at radius 2 is 2.21 bits per heavy atom. The molecule has 1 aromatic carbocycles. The second-order valence-corrected chi connectivity index (χ2v) is 3.10. The zero-order chi connectivity index (χ0) is 10.1. The van der Waals surface area contributed by atoms with Crippen molar-refractivity contribution in [1.82, 2.24) is 0 Å². The summed E-state index contributed by atoms with van der Waals surface area (Å²) >= 11 is 0. The van der Waals surface area contributed by atoms with E-state index in [9.17, 15) is 9.90 Å². The van der Waals surface area contributed by atoms with Gasteiger partial charge in [0.2, 0.25) is 0 Å². The van der Waals surface area contributed by atoms with Crippen molar-refractivity contribution in [1.29, 1.82) is 0 Å². The fourth-order valence-electron chi connectivity index (χ4n) is 1.53. The summed E-state index contributed by atoms with van der Waals surface area (Å²) in [5.74, 6) is 0.00917. The van der Waals surface area contributed by atoms with Crippen LogP contribution in [0.5, 0.6) is 5.75 Å². The predicted molar refractivity (Wildman–Crippen MR) is 53.5 cm³/mol. The van der Waals surface area contributed by atoms with E-state index in [-0.39, 0.29) is 11.3 Å². The first kappa shape index (κ1) is 8.81. The van der Waals surface area contributed by atoms with E-state index in [1.807, 2.05) is 13.0 Å². The molecule has 72 valence electrons. The van der Waals surface area contributed by atoms with E-state index < -0.39 is 5.63 Å². The Morgan fingerprint density at radius 3 is 2.93 bits per heavy atom. The molecule has 0 unspecified atom stereocenters. The van der Waals surface area contributed by atoms with Gasteiger partial charge in [-0.3, -0.25) is 0 Å². The SMILES string of the molecule is CCc1cc(=O)oc2c(O)cccc12. The van der Waals surface area contributed by atoms with E-state index in [1.54, 1.807) is 6.07 Å². The fourth-order valence-corrected chi connectivity index (χ4v) is 1.53. The molecule has 0 radical (unpaired) electrons. The van der Waals surface area contributed by atoms with Crippen molar-refractivity contribution in [3.05, 3.63) is 40.2 Å². The molecule has 0 aliphatic rings. The molecule has 3 nitrogen and oxygen atoms in total. The Kier molecular flexibility index (Phi) is 2.00. The minimum absolute atomic E-state index is 0.00917. The summed E-state index contributed by atoms with van der Waals surface area (Å²) in [7, 11) is 0. The third kappa shape index (κ3) is 1.27. The van der Waals surface area contributed by atoms with Gasteiger partial charge in [0.1, 0.15) is 0 Å². The minimum atomic E-state index is -0.421. The second-order valence-electron chi connectivity index (χ2n) is 3.10. The molecule has 0 aliphatic heterocycles. The van der Waals surface area contributed by atoms with Crippen LogP contribution >= 0.6 is 0 Å². The Morgan fingerprint density at radius 1 is 1.43 bits per heavy atom. The Balaban J connectivity index is 2.94. The van der Waals surface area contributed by atoms with Crippen molar-refractivity contribution >= 4 is 11.0 Å². The molecule has 0 atom stereocenters. The second kappa shape index (κ2) is 3.18. The normalized spacial score (nSPS) is 10.6. The fraction of sp³-hybridized carbons (Fsp3) is 0.182. The molecule has 1 N–H and O–H groups in total. The summed E-state index contributed by atoms with van der Waals surface area (Å²) in [6.07, 6.45) is 0.742. The van der Waals surface area contributed by atoms with Crippen LogP contribution in [0.3, 0.4) is 0 Å². The van der Waals surface area contributed by atoms with E-state index >= 15 is 0 Å². The minimum Gasteiger partial charge on any atom is -0.504 e. The van der Waals surface area contributed by atoms with Gasteiger partial charge in [-0.25, -0.2) is 4.79 Å². The van der Waals surface area contributed by atoms with Gasteiger partial charge in [-0.1, -0.05) is 19.1 Å². The van der Waals surface area contributed by atoms with Gasteiger partial charge in [-0.15, -0.1) is 0 Å². The summed E-state index contributed by atoms with van der Waals surface area (Å²) in [6.45, 7) is 1.96. The molecule has 2 rings (SSSR count). The Hall–Kier alpha value is -1.77. The molecular formula is C11H10O3.